The molecule has 4 amide bonds. The van der Waals surface area contributed by atoms with Crippen LogP contribution in [0.1, 0.15) is 37.6 Å². The highest BCUT2D eigenvalue weighted by atomic mass is 16.5. The molecular formula is C20H27N3O6. The fourth-order valence-electron chi connectivity index (χ4n) is 3.64. The molecule has 1 N–H and O–H groups in total. The average molecular weight is 405 g/mol. The minimum Gasteiger partial charge on any atom is -0.490 e. The fourth-order valence-corrected chi connectivity index (χ4v) is 3.64. The molecule has 158 valence electrons. The van der Waals surface area contributed by atoms with E-state index in [2.05, 4.69) is 5.32 Å². The third-order valence-electron chi connectivity index (χ3n) is 4.85. The van der Waals surface area contributed by atoms with Crippen molar-refractivity contribution in [3.8, 4) is 17.2 Å². The van der Waals surface area contributed by atoms with Gasteiger partial charge in [0.2, 0.25) is 11.7 Å². The number of rotatable bonds is 8. The van der Waals surface area contributed by atoms with Crippen molar-refractivity contribution in [2.75, 3.05) is 39.5 Å². The van der Waals surface area contributed by atoms with Crippen LogP contribution in [0.4, 0.5) is 4.79 Å². The third-order valence-corrected chi connectivity index (χ3v) is 4.85. The predicted octanol–water partition coefficient (Wildman–Crippen LogP) is 1.65. The molecule has 0 radical (unpaired) electrons. The maximum Gasteiger partial charge on any atom is 0.324 e. The topological polar surface area (TPSA) is 97.4 Å². The number of carbonyl (C=O) groups is 3. The van der Waals surface area contributed by atoms with E-state index in [0.29, 0.717) is 62.1 Å². The van der Waals surface area contributed by atoms with E-state index >= 15 is 0 Å². The predicted molar refractivity (Wildman–Crippen MR) is 105 cm³/mol. The minimum absolute atomic E-state index is 0.0115. The Kier molecular flexibility index (Phi) is 6.46. The van der Waals surface area contributed by atoms with Crippen LogP contribution in [0.5, 0.6) is 17.2 Å². The maximum absolute atomic E-state index is 13.1. The van der Waals surface area contributed by atoms with Crippen LogP contribution in [0.25, 0.3) is 0 Å². The number of ether oxygens (including phenoxy) is 3. The molecule has 3 rings (SSSR count). The van der Waals surface area contributed by atoms with E-state index in [1.807, 2.05) is 20.8 Å². The van der Waals surface area contributed by atoms with Crippen molar-refractivity contribution in [2.24, 2.45) is 0 Å². The number of imide groups is 1. The summed E-state index contributed by atoms with van der Waals surface area (Å²) in [6.07, 6.45) is 0.554. The number of benzene rings is 1. The van der Waals surface area contributed by atoms with E-state index < -0.39 is 6.03 Å². The van der Waals surface area contributed by atoms with E-state index in [-0.39, 0.29) is 24.4 Å². The van der Waals surface area contributed by atoms with Crippen LogP contribution in [-0.4, -0.2) is 73.1 Å². The Morgan fingerprint density at radius 3 is 2.21 bits per heavy atom. The number of nitrogens with one attached hydrogen (secondary N) is 1. The van der Waals surface area contributed by atoms with Crippen LogP contribution >= 0.6 is 0 Å². The highest BCUT2D eigenvalue weighted by molar-refractivity contribution is 6.02. The zero-order valence-corrected chi connectivity index (χ0v) is 17.0. The van der Waals surface area contributed by atoms with Gasteiger partial charge in [-0.1, -0.05) is 0 Å². The Labute approximate surface area is 169 Å². The molecule has 0 saturated carbocycles. The lowest BCUT2D eigenvalue weighted by Crippen LogP contribution is -2.42. The molecule has 1 unspecified atom stereocenters. The molecule has 2 aliphatic heterocycles. The Balaban J connectivity index is 1.83. The van der Waals surface area contributed by atoms with Gasteiger partial charge in [0.05, 0.1) is 32.4 Å². The summed E-state index contributed by atoms with van der Waals surface area (Å²) in [5, 5.41) is 2.52. The van der Waals surface area contributed by atoms with Crippen LogP contribution in [0.3, 0.4) is 0 Å². The van der Waals surface area contributed by atoms with E-state index in [1.165, 1.54) is 4.90 Å². The van der Waals surface area contributed by atoms with Gasteiger partial charge in [0.1, 0.15) is 0 Å². The maximum atomic E-state index is 13.1. The summed E-state index contributed by atoms with van der Waals surface area (Å²) in [6, 6.07) is 2.60. The highest BCUT2D eigenvalue weighted by Crippen LogP contribution is 2.39. The van der Waals surface area contributed by atoms with Crippen molar-refractivity contribution in [1.29, 1.82) is 0 Å². The number of urea groups is 1. The van der Waals surface area contributed by atoms with E-state index in [1.54, 1.807) is 17.0 Å². The molecule has 2 fully saturated rings. The Morgan fingerprint density at radius 1 is 1.07 bits per heavy atom. The van der Waals surface area contributed by atoms with Crippen molar-refractivity contribution in [1.82, 2.24) is 15.1 Å². The Hall–Kier alpha value is -2.97. The second kappa shape index (κ2) is 9.02. The van der Waals surface area contributed by atoms with Crippen molar-refractivity contribution in [3.05, 3.63) is 17.7 Å². The highest BCUT2D eigenvalue weighted by Gasteiger charge is 2.40. The van der Waals surface area contributed by atoms with Crippen LogP contribution in [0.2, 0.25) is 0 Å². The van der Waals surface area contributed by atoms with Crippen molar-refractivity contribution in [2.45, 2.75) is 33.2 Å². The van der Waals surface area contributed by atoms with E-state index in [0.717, 1.165) is 0 Å². The molecule has 1 aromatic carbocycles. The lowest BCUT2D eigenvalue weighted by molar-refractivity contribution is -0.126. The molecule has 0 aliphatic carbocycles. The summed E-state index contributed by atoms with van der Waals surface area (Å²) in [7, 11) is 0. The first-order valence-electron chi connectivity index (χ1n) is 9.95. The second-order valence-electron chi connectivity index (χ2n) is 6.72. The molecule has 2 aliphatic rings. The van der Waals surface area contributed by atoms with Gasteiger partial charge < -0.3 is 24.4 Å². The first kappa shape index (κ1) is 20.8. The zero-order valence-electron chi connectivity index (χ0n) is 17.0. The summed E-state index contributed by atoms with van der Waals surface area (Å²) in [5.74, 6) is 0.922. The molecule has 0 spiro atoms. The van der Waals surface area contributed by atoms with Gasteiger partial charge in [-0.2, -0.15) is 0 Å². The van der Waals surface area contributed by atoms with Crippen LogP contribution in [-0.2, 0) is 4.79 Å². The Bertz CT molecular complexity index is 753. The standard InChI is InChI=1S/C20H27N3O6/c1-4-27-15-9-13(10-16(28-5-2)18(15)29-6-3)19(25)22-8-7-14(12-22)23-17(24)11-21-20(23)26/h9-10,14H,4-8,11-12H2,1-3H3,(H,21,26). The molecule has 1 atom stereocenters. The zero-order chi connectivity index (χ0) is 21.0. The molecule has 1 aromatic rings. The van der Waals surface area contributed by atoms with Gasteiger partial charge in [-0.25, -0.2) is 4.79 Å². The smallest absolute Gasteiger partial charge is 0.324 e. The summed E-state index contributed by atoms with van der Waals surface area (Å²) >= 11 is 0. The number of amides is 4. The molecule has 0 bridgehead atoms. The van der Waals surface area contributed by atoms with Gasteiger partial charge in [-0.05, 0) is 39.3 Å². The number of nitrogens with zero attached hydrogens (tertiary/aromatic N) is 2. The van der Waals surface area contributed by atoms with Crippen molar-refractivity contribution >= 4 is 17.8 Å². The lowest BCUT2D eigenvalue weighted by atomic mass is 10.1. The molecule has 2 saturated heterocycles. The average Bonchev–Trinajstić information content (AvgIpc) is 3.30. The summed E-state index contributed by atoms with van der Waals surface area (Å²) in [6.45, 7) is 7.63. The lowest BCUT2D eigenvalue weighted by Gasteiger charge is -2.22. The SMILES string of the molecule is CCOc1cc(C(=O)N2CCC(N3C(=O)CNC3=O)C2)cc(OCC)c1OCC. The van der Waals surface area contributed by atoms with Crippen molar-refractivity contribution < 1.29 is 28.6 Å². The van der Waals surface area contributed by atoms with Gasteiger partial charge in [-0.15, -0.1) is 0 Å². The van der Waals surface area contributed by atoms with Gasteiger partial charge in [0.15, 0.2) is 11.5 Å². The minimum atomic E-state index is -0.396. The summed E-state index contributed by atoms with van der Waals surface area (Å²) < 4.78 is 17.0. The van der Waals surface area contributed by atoms with Gasteiger partial charge >= 0.3 is 6.03 Å². The quantitative estimate of drug-likeness (QED) is 0.661. The van der Waals surface area contributed by atoms with Gasteiger partial charge in [-0.3, -0.25) is 14.5 Å². The monoisotopic (exact) mass is 405 g/mol. The van der Waals surface area contributed by atoms with Crippen LogP contribution in [0.15, 0.2) is 12.1 Å². The Morgan fingerprint density at radius 2 is 1.69 bits per heavy atom. The van der Waals surface area contributed by atoms with Crippen LogP contribution < -0.4 is 19.5 Å². The van der Waals surface area contributed by atoms with Gasteiger partial charge in [0.25, 0.3) is 5.91 Å². The van der Waals surface area contributed by atoms with E-state index in [9.17, 15) is 14.4 Å². The summed E-state index contributed by atoms with van der Waals surface area (Å²) in [5.41, 5.74) is 0.415. The largest absolute Gasteiger partial charge is 0.490 e. The molecule has 9 nitrogen and oxygen atoms in total. The molecule has 2 heterocycles. The first-order chi connectivity index (χ1) is 14.0. The number of carbonyl (C=O) groups excluding carboxylic acids is 3. The molecular weight excluding hydrogens is 378 g/mol. The van der Waals surface area contributed by atoms with Gasteiger partial charge in [0, 0.05) is 18.7 Å². The summed E-state index contributed by atoms with van der Waals surface area (Å²) in [4.78, 5) is 39.8. The van der Waals surface area contributed by atoms with Crippen LogP contribution in [0, 0.1) is 0 Å². The number of likely N-dealkylation sites (tertiary alicyclic amines) is 1. The van der Waals surface area contributed by atoms with Crippen molar-refractivity contribution in [3.63, 3.8) is 0 Å². The normalized spacial score (nSPS) is 18.8. The van der Waals surface area contributed by atoms with E-state index in [4.69, 9.17) is 14.2 Å². The second-order valence-corrected chi connectivity index (χ2v) is 6.72. The third kappa shape index (κ3) is 4.23. The molecule has 29 heavy (non-hydrogen) atoms. The first-order valence-corrected chi connectivity index (χ1v) is 9.95. The fraction of sp³-hybridized carbons (Fsp3) is 0.550. The molecule has 0 aromatic heterocycles. The number of hydrogen-bond acceptors (Lipinski definition) is 6. The molecule has 9 heteroatoms. The number of hydrogen-bond donors (Lipinski definition) is 1.